The Bertz CT molecular complexity index is 450. The molecule has 1 saturated carbocycles. The van der Waals surface area contributed by atoms with Gasteiger partial charge in [0.1, 0.15) is 12.0 Å². The average molecular weight is 249 g/mol. The zero-order valence-corrected chi connectivity index (χ0v) is 10.9. The molecule has 18 heavy (non-hydrogen) atoms. The van der Waals surface area contributed by atoms with Crippen LogP contribution in [-0.2, 0) is 0 Å². The molecule has 1 fully saturated rings. The van der Waals surface area contributed by atoms with Crippen molar-refractivity contribution < 1.29 is 4.92 Å². The normalized spacial score (nSPS) is 17.0. The molecule has 1 aliphatic rings. The molecule has 0 radical (unpaired) electrons. The number of pyridine rings is 1. The van der Waals surface area contributed by atoms with Crippen molar-refractivity contribution in [1.82, 2.24) is 4.98 Å². The van der Waals surface area contributed by atoms with E-state index in [-0.39, 0.29) is 5.69 Å². The van der Waals surface area contributed by atoms with Gasteiger partial charge in [0.25, 0.3) is 5.69 Å². The minimum Gasteiger partial charge on any atom is -0.370 e. The van der Waals surface area contributed by atoms with Crippen molar-refractivity contribution in [3.05, 3.63) is 27.9 Å². The molecule has 0 amide bonds. The van der Waals surface area contributed by atoms with E-state index >= 15 is 0 Å². The van der Waals surface area contributed by atoms with E-state index in [2.05, 4.69) is 17.2 Å². The summed E-state index contributed by atoms with van der Waals surface area (Å²) < 4.78 is 0. The molecule has 1 aliphatic carbocycles. The fourth-order valence-corrected chi connectivity index (χ4v) is 2.45. The number of nitrogens with zero attached hydrogens (tertiary/aromatic N) is 2. The second-order valence-corrected chi connectivity index (χ2v) is 5.17. The predicted molar refractivity (Wildman–Crippen MR) is 70.7 cm³/mol. The number of anilines is 1. The highest BCUT2D eigenvalue weighted by Gasteiger charge is 2.34. The van der Waals surface area contributed by atoms with Crippen molar-refractivity contribution >= 4 is 11.5 Å². The third-order valence-electron chi connectivity index (χ3n) is 4.09. The van der Waals surface area contributed by atoms with Gasteiger partial charge in [-0.2, -0.15) is 0 Å². The number of nitro groups is 1. The van der Waals surface area contributed by atoms with Crippen LogP contribution in [0.25, 0.3) is 0 Å². The van der Waals surface area contributed by atoms with Crippen LogP contribution in [-0.4, -0.2) is 16.5 Å². The Morgan fingerprint density at radius 2 is 2.28 bits per heavy atom. The first-order chi connectivity index (χ1) is 8.56. The molecular formula is C13H19N3O2. The van der Waals surface area contributed by atoms with E-state index in [1.807, 2.05) is 0 Å². The van der Waals surface area contributed by atoms with Crippen molar-refractivity contribution in [2.75, 3.05) is 11.9 Å². The Kier molecular flexibility index (Phi) is 3.50. The highest BCUT2D eigenvalue weighted by molar-refractivity contribution is 5.46. The van der Waals surface area contributed by atoms with Crippen molar-refractivity contribution in [2.45, 2.75) is 39.5 Å². The van der Waals surface area contributed by atoms with Crippen LogP contribution in [0, 0.1) is 22.5 Å². The maximum Gasteiger partial charge on any atom is 0.290 e. The number of nitrogens with one attached hydrogen (secondary N) is 1. The molecule has 0 spiro atoms. The summed E-state index contributed by atoms with van der Waals surface area (Å²) >= 11 is 0. The first-order valence-corrected chi connectivity index (χ1v) is 6.41. The zero-order valence-electron chi connectivity index (χ0n) is 10.9. The van der Waals surface area contributed by atoms with Crippen LogP contribution >= 0.6 is 0 Å². The molecule has 0 unspecified atom stereocenters. The van der Waals surface area contributed by atoms with E-state index in [0.29, 0.717) is 11.0 Å². The summed E-state index contributed by atoms with van der Waals surface area (Å²) in [4.78, 5) is 14.4. The van der Waals surface area contributed by atoms with Crippen LogP contribution < -0.4 is 5.32 Å². The quantitative estimate of drug-likeness (QED) is 0.642. The van der Waals surface area contributed by atoms with Gasteiger partial charge in [-0.05, 0) is 37.7 Å². The Labute approximate surface area is 107 Å². The number of aromatic nitrogens is 1. The standard InChI is InChI=1S/C13H19N3O2/c1-3-13(5-4-6-13)9-15-12-7-10(2)11(8-14-12)16(17)18/h7-8H,3-6,9H2,1-2H3,(H,14,15). The van der Waals surface area contributed by atoms with Crippen LogP contribution in [0.2, 0.25) is 0 Å². The summed E-state index contributed by atoms with van der Waals surface area (Å²) in [6.07, 6.45) is 6.34. The first kappa shape index (κ1) is 12.8. The maximum atomic E-state index is 10.7. The minimum atomic E-state index is -0.397. The fourth-order valence-electron chi connectivity index (χ4n) is 2.45. The molecule has 1 heterocycles. The summed E-state index contributed by atoms with van der Waals surface area (Å²) in [6.45, 7) is 4.87. The van der Waals surface area contributed by atoms with Crippen LogP contribution in [0.5, 0.6) is 0 Å². The van der Waals surface area contributed by atoms with E-state index in [0.717, 1.165) is 12.4 Å². The van der Waals surface area contributed by atoms with Gasteiger partial charge in [-0.15, -0.1) is 0 Å². The summed E-state index contributed by atoms with van der Waals surface area (Å²) in [7, 11) is 0. The van der Waals surface area contributed by atoms with Crippen molar-refractivity contribution in [1.29, 1.82) is 0 Å². The fraction of sp³-hybridized carbons (Fsp3) is 0.615. The second-order valence-electron chi connectivity index (χ2n) is 5.17. The monoisotopic (exact) mass is 249 g/mol. The Hall–Kier alpha value is -1.65. The van der Waals surface area contributed by atoms with E-state index in [1.165, 1.54) is 31.9 Å². The lowest BCUT2D eigenvalue weighted by Gasteiger charge is -2.41. The molecule has 2 rings (SSSR count). The van der Waals surface area contributed by atoms with E-state index < -0.39 is 4.92 Å². The van der Waals surface area contributed by atoms with Crippen molar-refractivity contribution in [3.8, 4) is 0 Å². The highest BCUT2D eigenvalue weighted by Crippen LogP contribution is 2.43. The van der Waals surface area contributed by atoms with E-state index in [4.69, 9.17) is 0 Å². The van der Waals surface area contributed by atoms with Crippen LogP contribution in [0.4, 0.5) is 11.5 Å². The molecule has 1 aromatic rings. The van der Waals surface area contributed by atoms with Crippen molar-refractivity contribution in [3.63, 3.8) is 0 Å². The van der Waals surface area contributed by atoms with Crippen molar-refractivity contribution in [2.24, 2.45) is 5.41 Å². The Morgan fingerprint density at radius 3 is 2.72 bits per heavy atom. The molecule has 0 saturated heterocycles. The Morgan fingerprint density at radius 1 is 1.56 bits per heavy atom. The largest absolute Gasteiger partial charge is 0.370 e. The number of hydrogen-bond acceptors (Lipinski definition) is 4. The summed E-state index contributed by atoms with van der Waals surface area (Å²) in [5, 5.41) is 14.0. The molecule has 0 bridgehead atoms. The van der Waals surface area contributed by atoms with Crippen LogP contribution in [0.3, 0.4) is 0 Å². The molecule has 1 aromatic heterocycles. The molecule has 1 N–H and O–H groups in total. The van der Waals surface area contributed by atoms with Gasteiger partial charge in [-0.3, -0.25) is 10.1 Å². The lowest BCUT2D eigenvalue weighted by atomic mass is 9.67. The average Bonchev–Trinajstić information content (AvgIpc) is 2.27. The highest BCUT2D eigenvalue weighted by atomic mass is 16.6. The minimum absolute atomic E-state index is 0.0781. The van der Waals surface area contributed by atoms with Gasteiger partial charge in [-0.1, -0.05) is 13.3 Å². The topological polar surface area (TPSA) is 68.1 Å². The van der Waals surface area contributed by atoms with Gasteiger partial charge in [0, 0.05) is 12.1 Å². The number of rotatable bonds is 5. The van der Waals surface area contributed by atoms with Gasteiger partial charge < -0.3 is 5.32 Å². The first-order valence-electron chi connectivity index (χ1n) is 6.41. The molecule has 5 nitrogen and oxygen atoms in total. The summed E-state index contributed by atoms with van der Waals surface area (Å²) in [5.41, 5.74) is 1.14. The summed E-state index contributed by atoms with van der Waals surface area (Å²) in [5.74, 6) is 0.734. The van der Waals surface area contributed by atoms with Gasteiger partial charge in [0.15, 0.2) is 0 Å². The molecular weight excluding hydrogens is 230 g/mol. The van der Waals surface area contributed by atoms with E-state index in [1.54, 1.807) is 13.0 Å². The van der Waals surface area contributed by atoms with Crippen LogP contribution in [0.1, 0.15) is 38.2 Å². The lowest BCUT2D eigenvalue weighted by Crippen LogP contribution is -2.36. The maximum absolute atomic E-state index is 10.7. The number of aryl methyl sites for hydroxylation is 1. The third kappa shape index (κ3) is 2.44. The third-order valence-corrected chi connectivity index (χ3v) is 4.09. The Balaban J connectivity index is 2.02. The molecule has 98 valence electrons. The molecule has 0 aromatic carbocycles. The zero-order chi connectivity index (χ0) is 13.2. The SMILES string of the molecule is CCC1(CNc2cc(C)c([N+](=O)[O-])cn2)CCC1. The predicted octanol–water partition coefficient (Wildman–Crippen LogP) is 3.29. The van der Waals surface area contributed by atoms with Gasteiger partial charge in [0.2, 0.25) is 0 Å². The number of hydrogen-bond donors (Lipinski definition) is 1. The van der Waals surface area contributed by atoms with Gasteiger partial charge in [-0.25, -0.2) is 4.98 Å². The lowest BCUT2D eigenvalue weighted by molar-refractivity contribution is -0.385. The smallest absolute Gasteiger partial charge is 0.290 e. The molecule has 0 aliphatic heterocycles. The summed E-state index contributed by atoms with van der Waals surface area (Å²) in [6, 6.07) is 1.75. The van der Waals surface area contributed by atoms with Gasteiger partial charge >= 0.3 is 0 Å². The van der Waals surface area contributed by atoms with Crippen LogP contribution in [0.15, 0.2) is 12.3 Å². The second kappa shape index (κ2) is 4.92. The van der Waals surface area contributed by atoms with E-state index in [9.17, 15) is 10.1 Å². The molecule has 5 heteroatoms. The van der Waals surface area contributed by atoms with Gasteiger partial charge in [0.05, 0.1) is 4.92 Å². The molecule has 0 atom stereocenters.